The maximum absolute atomic E-state index is 5.77. The summed E-state index contributed by atoms with van der Waals surface area (Å²) in [6.07, 6.45) is 8.80. The summed E-state index contributed by atoms with van der Waals surface area (Å²) in [4.78, 5) is 0. The molecule has 7 unspecified atom stereocenters. The summed E-state index contributed by atoms with van der Waals surface area (Å²) in [6.45, 7) is 5.32. The zero-order valence-corrected chi connectivity index (χ0v) is 10.4. The Kier molecular flexibility index (Phi) is 2.38. The largest absolute Gasteiger partial charge is 0.377 e. The molecule has 3 saturated carbocycles. The van der Waals surface area contributed by atoms with E-state index in [2.05, 4.69) is 6.58 Å². The van der Waals surface area contributed by atoms with Crippen LogP contribution in [0.15, 0.2) is 12.7 Å². The van der Waals surface area contributed by atoms with E-state index in [0.717, 1.165) is 36.2 Å². The van der Waals surface area contributed by atoms with Crippen molar-refractivity contribution in [1.82, 2.24) is 0 Å². The first-order valence-electron chi connectivity index (χ1n) is 7.22. The first kappa shape index (κ1) is 10.6. The van der Waals surface area contributed by atoms with Gasteiger partial charge in [-0.15, -0.1) is 6.58 Å². The molecule has 4 rings (SSSR count). The molecule has 1 heterocycles. The van der Waals surface area contributed by atoms with Gasteiger partial charge in [0.05, 0.1) is 18.8 Å². The van der Waals surface area contributed by atoms with E-state index < -0.39 is 0 Å². The van der Waals surface area contributed by atoms with E-state index in [-0.39, 0.29) is 0 Å². The molecule has 3 aliphatic carbocycles. The Bertz CT molecular complexity index is 327. The van der Waals surface area contributed by atoms with Gasteiger partial charge in [0.25, 0.3) is 0 Å². The lowest BCUT2D eigenvalue weighted by Gasteiger charge is -2.32. The molecule has 0 radical (unpaired) electrons. The van der Waals surface area contributed by atoms with Gasteiger partial charge in [0.1, 0.15) is 0 Å². The second-order valence-corrected chi connectivity index (χ2v) is 6.42. The zero-order valence-electron chi connectivity index (χ0n) is 10.4. The Hall–Kier alpha value is -0.340. The second kappa shape index (κ2) is 3.83. The molecule has 94 valence electrons. The predicted molar refractivity (Wildman–Crippen MR) is 65.6 cm³/mol. The van der Waals surface area contributed by atoms with Crippen LogP contribution in [0, 0.1) is 29.6 Å². The number of hydrogen-bond donors (Lipinski definition) is 0. The van der Waals surface area contributed by atoms with Crippen LogP contribution in [-0.4, -0.2) is 25.4 Å². The van der Waals surface area contributed by atoms with Crippen molar-refractivity contribution in [3.8, 4) is 0 Å². The Labute approximate surface area is 103 Å². The van der Waals surface area contributed by atoms with E-state index in [1.54, 1.807) is 0 Å². The van der Waals surface area contributed by atoms with Gasteiger partial charge in [-0.1, -0.05) is 6.08 Å². The smallest absolute Gasteiger partial charge is 0.0875 e. The Balaban J connectivity index is 1.36. The van der Waals surface area contributed by atoms with Crippen molar-refractivity contribution in [3.63, 3.8) is 0 Å². The van der Waals surface area contributed by atoms with Crippen LogP contribution in [-0.2, 0) is 9.47 Å². The quantitative estimate of drug-likeness (QED) is 0.414. The number of epoxide rings is 1. The molecule has 2 nitrogen and oxygen atoms in total. The molecule has 4 fully saturated rings. The fourth-order valence-electron chi connectivity index (χ4n) is 5.18. The third kappa shape index (κ3) is 1.53. The molecule has 0 aromatic rings. The molecule has 2 heteroatoms. The van der Waals surface area contributed by atoms with Gasteiger partial charge in [0, 0.05) is 6.61 Å². The van der Waals surface area contributed by atoms with Crippen LogP contribution in [0.5, 0.6) is 0 Å². The van der Waals surface area contributed by atoms with Crippen LogP contribution >= 0.6 is 0 Å². The third-order valence-electron chi connectivity index (χ3n) is 5.75. The maximum Gasteiger partial charge on any atom is 0.0875 e. The second-order valence-electron chi connectivity index (χ2n) is 6.42. The van der Waals surface area contributed by atoms with Crippen LogP contribution in [0.3, 0.4) is 0 Å². The van der Waals surface area contributed by atoms with Crippen molar-refractivity contribution < 1.29 is 9.47 Å². The highest BCUT2D eigenvalue weighted by molar-refractivity contribution is 5.13. The van der Waals surface area contributed by atoms with Gasteiger partial charge < -0.3 is 9.47 Å². The van der Waals surface area contributed by atoms with Gasteiger partial charge in [-0.3, -0.25) is 0 Å². The van der Waals surface area contributed by atoms with Crippen LogP contribution in [0.1, 0.15) is 25.7 Å². The fourth-order valence-corrected chi connectivity index (χ4v) is 5.18. The van der Waals surface area contributed by atoms with Crippen molar-refractivity contribution in [2.24, 2.45) is 29.6 Å². The number of ether oxygens (including phenoxy) is 2. The van der Waals surface area contributed by atoms with Crippen LogP contribution in [0.2, 0.25) is 0 Å². The predicted octanol–water partition coefficient (Wildman–Crippen LogP) is 2.64. The molecule has 0 aromatic carbocycles. The summed E-state index contributed by atoms with van der Waals surface area (Å²) in [7, 11) is 0. The van der Waals surface area contributed by atoms with Crippen molar-refractivity contribution in [3.05, 3.63) is 12.7 Å². The van der Waals surface area contributed by atoms with E-state index in [1.165, 1.54) is 25.7 Å². The van der Waals surface area contributed by atoms with Crippen molar-refractivity contribution in [2.45, 2.75) is 37.9 Å². The van der Waals surface area contributed by atoms with E-state index in [0.29, 0.717) is 18.8 Å². The zero-order chi connectivity index (χ0) is 11.4. The Morgan fingerprint density at radius 3 is 3.06 bits per heavy atom. The minimum absolute atomic E-state index is 0.672. The summed E-state index contributed by atoms with van der Waals surface area (Å²) in [5.41, 5.74) is 0. The average molecular weight is 234 g/mol. The summed E-state index contributed by atoms with van der Waals surface area (Å²) >= 11 is 0. The number of fused-ring (bicyclic) bond motifs is 7. The summed E-state index contributed by atoms with van der Waals surface area (Å²) in [5, 5.41) is 0. The van der Waals surface area contributed by atoms with Crippen LogP contribution in [0.25, 0.3) is 0 Å². The minimum atomic E-state index is 0.672. The SMILES string of the molecule is C=CCOCCC1CC2CC1C1C2CC2OC21. The molecular formula is C15H22O2. The standard InChI is InChI=1S/C15H22O2/c1-2-4-16-5-3-9-6-10-7-11(9)14-12(10)8-13-15(14)17-13/h2,9-15H,1,3-8H2. The Morgan fingerprint density at radius 2 is 2.18 bits per heavy atom. The summed E-state index contributed by atoms with van der Waals surface area (Å²) < 4.78 is 11.3. The molecule has 0 amide bonds. The van der Waals surface area contributed by atoms with Crippen LogP contribution in [0.4, 0.5) is 0 Å². The molecule has 7 atom stereocenters. The van der Waals surface area contributed by atoms with Crippen molar-refractivity contribution >= 4 is 0 Å². The lowest BCUT2D eigenvalue weighted by molar-refractivity contribution is 0.0825. The molecule has 0 N–H and O–H groups in total. The summed E-state index contributed by atoms with van der Waals surface area (Å²) in [5.74, 6) is 4.90. The highest BCUT2D eigenvalue weighted by Crippen LogP contribution is 2.66. The summed E-state index contributed by atoms with van der Waals surface area (Å²) in [6, 6.07) is 0. The molecule has 1 saturated heterocycles. The normalized spacial score (nSPS) is 53.5. The van der Waals surface area contributed by atoms with Crippen molar-refractivity contribution in [2.75, 3.05) is 13.2 Å². The first-order valence-corrected chi connectivity index (χ1v) is 7.22. The maximum atomic E-state index is 5.77. The lowest BCUT2D eigenvalue weighted by Crippen LogP contribution is -2.29. The minimum Gasteiger partial charge on any atom is -0.377 e. The average Bonchev–Trinajstić information content (AvgIpc) is 2.75. The van der Waals surface area contributed by atoms with Crippen LogP contribution < -0.4 is 0 Å². The number of hydrogen-bond acceptors (Lipinski definition) is 2. The molecule has 17 heavy (non-hydrogen) atoms. The molecule has 2 bridgehead atoms. The molecule has 0 spiro atoms. The topological polar surface area (TPSA) is 21.8 Å². The lowest BCUT2D eigenvalue weighted by atomic mass is 9.74. The first-order chi connectivity index (χ1) is 8.38. The fraction of sp³-hybridized carbons (Fsp3) is 0.867. The van der Waals surface area contributed by atoms with E-state index in [1.807, 2.05) is 6.08 Å². The molecule has 0 aromatic heterocycles. The Morgan fingerprint density at radius 1 is 1.24 bits per heavy atom. The van der Waals surface area contributed by atoms with Gasteiger partial charge in [-0.05, 0) is 55.3 Å². The highest BCUT2D eigenvalue weighted by Gasteiger charge is 2.66. The molecule has 1 aliphatic heterocycles. The number of rotatable bonds is 5. The van der Waals surface area contributed by atoms with E-state index in [4.69, 9.17) is 9.47 Å². The van der Waals surface area contributed by atoms with Crippen molar-refractivity contribution in [1.29, 1.82) is 0 Å². The molecule has 4 aliphatic rings. The third-order valence-corrected chi connectivity index (χ3v) is 5.75. The van der Waals surface area contributed by atoms with Gasteiger partial charge >= 0.3 is 0 Å². The van der Waals surface area contributed by atoms with Gasteiger partial charge in [-0.25, -0.2) is 0 Å². The molecular weight excluding hydrogens is 212 g/mol. The highest BCUT2D eigenvalue weighted by atomic mass is 16.6. The van der Waals surface area contributed by atoms with E-state index in [9.17, 15) is 0 Å². The monoisotopic (exact) mass is 234 g/mol. The van der Waals surface area contributed by atoms with E-state index >= 15 is 0 Å². The van der Waals surface area contributed by atoms with Gasteiger partial charge in [0.15, 0.2) is 0 Å². The van der Waals surface area contributed by atoms with Gasteiger partial charge in [-0.2, -0.15) is 0 Å². The van der Waals surface area contributed by atoms with Gasteiger partial charge in [0.2, 0.25) is 0 Å².